The fraction of sp³-hybridized carbons (Fsp3) is 0.467. The van der Waals surface area contributed by atoms with Gasteiger partial charge in [-0.2, -0.15) is 0 Å². The molecule has 0 fully saturated rings. The summed E-state index contributed by atoms with van der Waals surface area (Å²) in [5.41, 5.74) is 0.611. The van der Waals surface area contributed by atoms with Gasteiger partial charge in [0, 0.05) is 0 Å². The number of carbonyl (C=O) groups excluding carboxylic acids is 2. The highest BCUT2D eigenvalue weighted by Crippen LogP contribution is 2.27. The van der Waals surface area contributed by atoms with E-state index in [1.165, 1.54) is 13.2 Å². The molecule has 1 aromatic rings. The molecule has 0 saturated carbocycles. The first-order valence-corrected chi connectivity index (χ1v) is 6.72. The summed E-state index contributed by atoms with van der Waals surface area (Å²) in [4.78, 5) is 23.7. The Hall–Kier alpha value is -2.24. The number of ether oxygens (including phenoxy) is 3. The van der Waals surface area contributed by atoms with Crippen molar-refractivity contribution in [3.05, 3.63) is 23.8 Å². The van der Waals surface area contributed by atoms with E-state index in [1.54, 1.807) is 26.0 Å². The van der Waals surface area contributed by atoms with Crippen LogP contribution in [0.25, 0.3) is 0 Å². The normalized spacial score (nSPS) is 10.3. The van der Waals surface area contributed by atoms with Crippen molar-refractivity contribution in [2.45, 2.75) is 20.3 Å². The third kappa shape index (κ3) is 4.66. The Morgan fingerprint density at radius 2 is 1.71 bits per heavy atom. The lowest BCUT2D eigenvalue weighted by atomic mass is 9.99. The predicted octanol–water partition coefficient (Wildman–Crippen LogP) is 1.69. The molecular formula is C15H20O6. The van der Waals surface area contributed by atoms with Crippen molar-refractivity contribution in [3.63, 3.8) is 0 Å². The number of carbonyl (C=O) groups is 2. The molecule has 0 aromatic heterocycles. The summed E-state index contributed by atoms with van der Waals surface area (Å²) in [5, 5.41) is 9.73. The molecule has 1 N–H and O–H groups in total. The molecule has 6 nitrogen and oxygen atoms in total. The highest BCUT2D eigenvalue weighted by Gasteiger charge is 2.29. The smallest absolute Gasteiger partial charge is 0.320 e. The Morgan fingerprint density at radius 3 is 2.14 bits per heavy atom. The number of rotatable bonds is 7. The van der Waals surface area contributed by atoms with Crippen LogP contribution in [0.2, 0.25) is 0 Å². The molecule has 116 valence electrons. The molecule has 0 heterocycles. The van der Waals surface area contributed by atoms with Crippen LogP contribution in [0.3, 0.4) is 0 Å². The molecule has 1 aromatic carbocycles. The number of esters is 2. The summed E-state index contributed by atoms with van der Waals surface area (Å²) in [6.07, 6.45) is 0.0925. The van der Waals surface area contributed by atoms with Crippen molar-refractivity contribution in [1.29, 1.82) is 0 Å². The van der Waals surface area contributed by atoms with Gasteiger partial charge in [-0.05, 0) is 38.0 Å². The van der Waals surface area contributed by atoms with Gasteiger partial charge in [0.25, 0.3) is 0 Å². The van der Waals surface area contributed by atoms with Gasteiger partial charge in [0.2, 0.25) is 0 Å². The Bertz CT molecular complexity index is 479. The fourth-order valence-electron chi connectivity index (χ4n) is 1.85. The summed E-state index contributed by atoms with van der Waals surface area (Å²) in [6.45, 7) is 3.70. The lowest BCUT2D eigenvalue weighted by molar-refractivity contribution is -0.161. The van der Waals surface area contributed by atoms with Crippen LogP contribution >= 0.6 is 0 Å². The molecular weight excluding hydrogens is 276 g/mol. The molecule has 0 bridgehead atoms. The van der Waals surface area contributed by atoms with Crippen LogP contribution in [0.15, 0.2) is 18.2 Å². The minimum absolute atomic E-state index is 0.0542. The third-order valence-electron chi connectivity index (χ3n) is 2.83. The first-order chi connectivity index (χ1) is 10.0. The second-order valence-corrected chi connectivity index (χ2v) is 4.27. The molecule has 1 rings (SSSR count). The van der Waals surface area contributed by atoms with E-state index in [0.717, 1.165) is 0 Å². The number of benzene rings is 1. The summed E-state index contributed by atoms with van der Waals surface area (Å²) in [5.74, 6) is -2.04. The molecule has 0 aliphatic heterocycles. The average Bonchev–Trinajstić information content (AvgIpc) is 2.45. The second kappa shape index (κ2) is 8.14. The molecule has 0 aliphatic rings. The zero-order valence-corrected chi connectivity index (χ0v) is 12.4. The lowest BCUT2D eigenvalue weighted by Crippen LogP contribution is -2.30. The molecule has 0 saturated heterocycles. The van der Waals surface area contributed by atoms with E-state index >= 15 is 0 Å². The predicted molar refractivity (Wildman–Crippen MR) is 75.1 cm³/mol. The maximum absolute atomic E-state index is 11.9. The van der Waals surface area contributed by atoms with Crippen LogP contribution in [-0.2, 0) is 25.5 Å². The quantitative estimate of drug-likeness (QED) is 0.609. The second-order valence-electron chi connectivity index (χ2n) is 4.27. The molecule has 0 spiro atoms. The van der Waals surface area contributed by atoms with Gasteiger partial charge < -0.3 is 19.3 Å². The Morgan fingerprint density at radius 1 is 1.14 bits per heavy atom. The molecule has 0 amide bonds. The van der Waals surface area contributed by atoms with Crippen molar-refractivity contribution in [2.24, 2.45) is 5.92 Å². The number of aromatic hydroxyl groups is 1. The molecule has 0 aliphatic carbocycles. The summed E-state index contributed by atoms with van der Waals surface area (Å²) >= 11 is 0. The Balaban J connectivity index is 2.92. The first kappa shape index (κ1) is 16.8. The van der Waals surface area contributed by atoms with Crippen LogP contribution < -0.4 is 4.74 Å². The average molecular weight is 296 g/mol. The monoisotopic (exact) mass is 296 g/mol. The number of phenols is 1. The van der Waals surface area contributed by atoms with E-state index in [4.69, 9.17) is 14.2 Å². The van der Waals surface area contributed by atoms with Crippen molar-refractivity contribution >= 4 is 11.9 Å². The Labute approximate surface area is 123 Å². The van der Waals surface area contributed by atoms with Crippen LogP contribution in [0.4, 0.5) is 0 Å². The molecule has 21 heavy (non-hydrogen) atoms. The largest absolute Gasteiger partial charge is 0.504 e. The number of methoxy groups -OCH3 is 1. The van der Waals surface area contributed by atoms with Crippen molar-refractivity contribution in [2.75, 3.05) is 20.3 Å². The first-order valence-electron chi connectivity index (χ1n) is 6.72. The SMILES string of the molecule is CCOC(=O)C(Cc1ccc(OC)c(O)c1)C(=O)OCC. The van der Waals surface area contributed by atoms with E-state index in [1.807, 2.05) is 0 Å². The van der Waals surface area contributed by atoms with E-state index in [-0.39, 0.29) is 25.4 Å². The fourth-order valence-corrected chi connectivity index (χ4v) is 1.85. The summed E-state index contributed by atoms with van der Waals surface area (Å²) < 4.78 is 14.7. The van der Waals surface area contributed by atoms with Gasteiger partial charge in [-0.25, -0.2) is 0 Å². The van der Waals surface area contributed by atoms with E-state index in [0.29, 0.717) is 11.3 Å². The van der Waals surface area contributed by atoms with Crippen LogP contribution in [-0.4, -0.2) is 37.4 Å². The highest BCUT2D eigenvalue weighted by atomic mass is 16.6. The lowest BCUT2D eigenvalue weighted by Gasteiger charge is -2.15. The van der Waals surface area contributed by atoms with E-state index in [2.05, 4.69) is 0 Å². The Kier molecular flexibility index (Phi) is 6.52. The maximum atomic E-state index is 11.9. The molecule has 6 heteroatoms. The van der Waals surface area contributed by atoms with Crippen molar-refractivity contribution < 1.29 is 28.9 Å². The molecule has 0 radical (unpaired) electrons. The van der Waals surface area contributed by atoms with Gasteiger partial charge in [0.1, 0.15) is 0 Å². The zero-order chi connectivity index (χ0) is 15.8. The standard InChI is InChI=1S/C15H20O6/c1-4-20-14(17)11(15(18)21-5-2)8-10-6-7-13(19-3)12(16)9-10/h6-7,9,11,16H,4-5,8H2,1-3H3. The van der Waals surface area contributed by atoms with Crippen molar-refractivity contribution in [1.82, 2.24) is 0 Å². The topological polar surface area (TPSA) is 82.1 Å². The van der Waals surface area contributed by atoms with Gasteiger partial charge in [-0.3, -0.25) is 9.59 Å². The van der Waals surface area contributed by atoms with Crippen molar-refractivity contribution in [3.8, 4) is 11.5 Å². The highest BCUT2D eigenvalue weighted by molar-refractivity contribution is 5.95. The third-order valence-corrected chi connectivity index (χ3v) is 2.83. The molecule has 0 atom stereocenters. The number of phenolic OH excluding ortho intramolecular Hbond substituents is 1. The van der Waals surface area contributed by atoms with Gasteiger partial charge in [0.05, 0.1) is 20.3 Å². The number of hydrogen-bond donors (Lipinski definition) is 1. The molecule has 0 unspecified atom stereocenters. The van der Waals surface area contributed by atoms with Gasteiger partial charge >= 0.3 is 11.9 Å². The number of hydrogen-bond acceptors (Lipinski definition) is 6. The zero-order valence-electron chi connectivity index (χ0n) is 12.4. The van der Waals surface area contributed by atoms with Gasteiger partial charge in [-0.15, -0.1) is 0 Å². The maximum Gasteiger partial charge on any atom is 0.320 e. The van der Waals surface area contributed by atoms with Gasteiger partial charge in [0.15, 0.2) is 17.4 Å². The van der Waals surface area contributed by atoms with Crippen LogP contribution in [0.5, 0.6) is 11.5 Å². The summed E-state index contributed by atoms with van der Waals surface area (Å²) in [6, 6.07) is 4.69. The summed E-state index contributed by atoms with van der Waals surface area (Å²) in [7, 11) is 1.44. The van der Waals surface area contributed by atoms with Crippen LogP contribution in [0, 0.1) is 5.92 Å². The van der Waals surface area contributed by atoms with Crippen LogP contribution in [0.1, 0.15) is 19.4 Å². The minimum atomic E-state index is -1.04. The van der Waals surface area contributed by atoms with E-state index in [9.17, 15) is 14.7 Å². The van der Waals surface area contributed by atoms with E-state index < -0.39 is 17.9 Å². The van der Waals surface area contributed by atoms with Gasteiger partial charge in [-0.1, -0.05) is 6.07 Å². The minimum Gasteiger partial charge on any atom is -0.504 e.